The molecule has 0 radical (unpaired) electrons. The Morgan fingerprint density at radius 2 is 1.92 bits per heavy atom. The number of aliphatic hydroxyl groups excluding tert-OH is 3. The smallest absolute Gasteiger partial charge is 0.244 e. The van der Waals surface area contributed by atoms with Crippen molar-refractivity contribution >= 4 is 27.9 Å². The highest BCUT2D eigenvalue weighted by molar-refractivity contribution is 9.10. The third-order valence-electron chi connectivity index (χ3n) is 15.1. The van der Waals surface area contributed by atoms with Crippen LogP contribution in [0.5, 0.6) is 0 Å². The van der Waals surface area contributed by atoms with Crippen LogP contribution in [0.2, 0.25) is 0 Å². The lowest BCUT2D eigenvalue weighted by molar-refractivity contribution is -0.284. The van der Waals surface area contributed by atoms with Gasteiger partial charge in [0.05, 0.1) is 25.4 Å². The summed E-state index contributed by atoms with van der Waals surface area (Å²) in [6.45, 7) is 10.1. The number of aliphatic hydroxyl groups is 3. The first-order valence-electron chi connectivity index (χ1n) is 19.9. The minimum atomic E-state index is -1.38. The van der Waals surface area contributed by atoms with Crippen LogP contribution in [-0.4, -0.2) is 83.1 Å². The van der Waals surface area contributed by atoms with Gasteiger partial charge in [0, 0.05) is 22.9 Å². The molecule has 3 saturated heterocycles. The summed E-state index contributed by atoms with van der Waals surface area (Å²) in [5, 5.41) is 34.6. The average molecular weight is 785 g/mol. The van der Waals surface area contributed by atoms with Gasteiger partial charge in [-0.2, -0.15) is 0 Å². The molecule has 9 nitrogen and oxygen atoms in total. The van der Waals surface area contributed by atoms with Crippen LogP contribution in [-0.2, 0) is 23.7 Å². The number of carbonyl (C=O) groups excluding carboxylic acids is 1. The quantitative estimate of drug-likeness (QED) is 0.201. The Kier molecular flexibility index (Phi) is 10.1. The van der Waals surface area contributed by atoms with Crippen molar-refractivity contribution in [2.45, 2.75) is 134 Å². The van der Waals surface area contributed by atoms with Gasteiger partial charge in [-0.1, -0.05) is 67.4 Å². The first-order chi connectivity index (χ1) is 24.8. The predicted molar refractivity (Wildman–Crippen MR) is 199 cm³/mol. The van der Waals surface area contributed by atoms with Crippen molar-refractivity contribution in [3.8, 4) is 0 Å². The molecule has 4 aliphatic carbocycles. The van der Waals surface area contributed by atoms with Gasteiger partial charge in [-0.3, -0.25) is 4.79 Å². The largest absolute Gasteiger partial charge is 0.394 e. The van der Waals surface area contributed by atoms with Gasteiger partial charge in [-0.25, -0.2) is 0 Å². The van der Waals surface area contributed by atoms with E-state index in [0.717, 1.165) is 55.2 Å². The monoisotopic (exact) mass is 783 g/mol. The van der Waals surface area contributed by atoms with Gasteiger partial charge in [0.1, 0.15) is 24.4 Å². The number of hydrogen-bond acceptors (Lipinski definition) is 8. The van der Waals surface area contributed by atoms with Crippen molar-refractivity contribution in [2.24, 2.45) is 46.3 Å². The number of hydrogen-bond donors (Lipinski definition) is 4. The van der Waals surface area contributed by atoms with Crippen molar-refractivity contribution in [1.29, 1.82) is 0 Å². The van der Waals surface area contributed by atoms with Crippen LogP contribution in [0.15, 0.2) is 46.5 Å². The first kappa shape index (κ1) is 37.3. The Bertz CT molecular complexity index is 1560. The zero-order valence-corrected chi connectivity index (χ0v) is 32.7. The number of benzene rings is 1. The van der Waals surface area contributed by atoms with Gasteiger partial charge >= 0.3 is 0 Å². The molecule has 1 aromatic carbocycles. The molecule has 10 heteroatoms. The molecule has 6 fully saturated rings. The molecular weight excluding hydrogens is 726 g/mol. The molecule has 52 heavy (non-hydrogen) atoms. The minimum absolute atomic E-state index is 0.0970. The number of carbonyl (C=O) groups is 1. The van der Waals surface area contributed by atoms with Gasteiger partial charge in [0.25, 0.3) is 0 Å². The molecule has 16 atom stereocenters. The summed E-state index contributed by atoms with van der Waals surface area (Å²) >= 11 is 3.45. The Morgan fingerprint density at radius 3 is 2.67 bits per heavy atom. The maximum absolute atomic E-state index is 13.1. The highest BCUT2D eigenvalue weighted by atomic mass is 79.9. The molecule has 3 aliphatic heterocycles. The van der Waals surface area contributed by atoms with E-state index in [1.54, 1.807) is 6.08 Å². The summed E-state index contributed by atoms with van der Waals surface area (Å²) in [5.74, 6) is 2.65. The normalized spacial score (nSPS) is 48.5. The molecule has 0 unspecified atom stereocenters. The van der Waals surface area contributed by atoms with E-state index in [0.29, 0.717) is 35.5 Å². The lowest BCUT2D eigenvalue weighted by Gasteiger charge is -2.58. The van der Waals surface area contributed by atoms with Crippen LogP contribution in [0.1, 0.15) is 91.0 Å². The molecule has 4 N–H and O–H groups in total. The lowest BCUT2D eigenvalue weighted by Crippen LogP contribution is -2.65. The Hall–Kier alpha value is -1.63. The molecule has 3 heterocycles. The van der Waals surface area contributed by atoms with Gasteiger partial charge < -0.3 is 39.6 Å². The number of ether oxygens (including phenoxy) is 4. The number of halogens is 1. The minimum Gasteiger partial charge on any atom is -0.394 e. The third kappa shape index (κ3) is 6.29. The zero-order valence-electron chi connectivity index (χ0n) is 31.1. The first-order valence-corrected chi connectivity index (χ1v) is 20.7. The predicted octanol–water partition coefficient (Wildman–Crippen LogP) is 6.14. The van der Waals surface area contributed by atoms with E-state index < -0.39 is 43.2 Å². The van der Waals surface area contributed by atoms with E-state index in [1.807, 2.05) is 24.3 Å². The molecule has 3 saturated carbocycles. The Morgan fingerprint density at radius 1 is 1.10 bits per heavy atom. The molecule has 1 spiro atoms. The highest BCUT2D eigenvalue weighted by Gasteiger charge is 2.68. The molecular formula is C42H58BrNO8. The molecule has 286 valence electrons. The molecule has 1 amide bonds. The highest BCUT2D eigenvalue weighted by Crippen LogP contribution is 2.70. The fraction of sp³-hybridized carbons (Fsp3) is 0.738. The number of amides is 1. The van der Waals surface area contributed by atoms with E-state index >= 15 is 0 Å². The lowest BCUT2D eigenvalue weighted by atomic mass is 9.47. The second-order valence-electron chi connectivity index (χ2n) is 17.9. The van der Waals surface area contributed by atoms with Crippen LogP contribution < -0.4 is 5.32 Å². The van der Waals surface area contributed by atoms with E-state index in [-0.39, 0.29) is 28.8 Å². The van der Waals surface area contributed by atoms with Crippen LogP contribution in [0.3, 0.4) is 0 Å². The number of nitrogens with one attached hydrogen (secondary N) is 1. The topological polar surface area (TPSA) is 127 Å². The second-order valence-corrected chi connectivity index (χ2v) is 18.8. The summed E-state index contributed by atoms with van der Waals surface area (Å²) in [7, 11) is 0. The summed E-state index contributed by atoms with van der Waals surface area (Å²) in [6, 6.07) is 6.55. The summed E-state index contributed by atoms with van der Waals surface area (Å²) in [6.07, 6.45) is 10.4. The standard InChI is InChI=1S/C42H58BrNO8/c1-23-12-17-42(49-22-23)24(2)35-32(52-42)20-31-29-10-9-26-19-28(13-15-40(26,3)30(29)14-16-41(31,35)4)50-39-36(38(48)37(47)33(21-45)51-39)44-34(46)11-8-25-6-5-7-27(43)18-25/h5-9,11,18,23-24,28-33,35-39,45,47-48H,10,12-17,19-22H2,1-4H3,(H,44,46)/b11-8+/t23-,24+,28+,29-,30+,31+,32+,33-,35+,36-,37-,38-,39-,40+,41+,42-/m1/s1. The van der Waals surface area contributed by atoms with Crippen LogP contribution in [0, 0.1) is 46.3 Å². The van der Waals surface area contributed by atoms with E-state index in [2.05, 4.69) is 55.0 Å². The van der Waals surface area contributed by atoms with E-state index in [9.17, 15) is 20.1 Å². The number of fused-ring (bicyclic) bond motifs is 7. The molecule has 0 bridgehead atoms. The van der Waals surface area contributed by atoms with Crippen molar-refractivity contribution in [3.63, 3.8) is 0 Å². The van der Waals surface area contributed by atoms with Gasteiger partial charge in [0.15, 0.2) is 12.1 Å². The summed E-state index contributed by atoms with van der Waals surface area (Å²) in [4.78, 5) is 13.1. The molecule has 7 aliphatic rings. The van der Waals surface area contributed by atoms with Gasteiger partial charge in [-0.15, -0.1) is 0 Å². The third-order valence-corrected chi connectivity index (χ3v) is 15.6. The fourth-order valence-corrected chi connectivity index (χ4v) is 12.7. The van der Waals surface area contributed by atoms with Crippen LogP contribution in [0.4, 0.5) is 0 Å². The molecule has 8 rings (SSSR count). The Balaban J connectivity index is 0.950. The van der Waals surface area contributed by atoms with Crippen molar-refractivity contribution < 1.29 is 39.1 Å². The van der Waals surface area contributed by atoms with Crippen molar-refractivity contribution in [2.75, 3.05) is 13.2 Å². The maximum Gasteiger partial charge on any atom is 0.244 e. The van der Waals surface area contributed by atoms with Crippen molar-refractivity contribution in [3.05, 3.63) is 52.0 Å². The molecule has 1 aromatic rings. The van der Waals surface area contributed by atoms with E-state index in [4.69, 9.17) is 18.9 Å². The number of rotatable bonds is 6. The van der Waals surface area contributed by atoms with Crippen LogP contribution >= 0.6 is 15.9 Å². The van der Waals surface area contributed by atoms with Crippen molar-refractivity contribution in [1.82, 2.24) is 5.32 Å². The average Bonchev–Trinajstić information content (AvgIpc) is 3.57. The van der Waals surface area contributed by atoms with Gasteiger partial charge in [-0.05, 0) is 116 Å². The summed E-state index contributed by atoms with van der Waals surface area (Å²) < 4.78 is 27.1. The Labute approximate surface area is 317 Å². The molecule has 0 aromatic heterocycles. The maximum atomic E-state index is 13.1. The van der Waals surface area contributed by atoms with Crippen LogP contribution in [0.25, 0.3) is 6.08 Å². The van der Waals surface area contributed by atoms with Gasteiger partial charge in [0.2, 0.25) is 5.91 Å². The SMILES string of the molecule is C[C@@H]1CC[C@@]2(OC1)O[C@H]1C[C@H]3[C@@H]4CC=C5C[C@@H](O[C@@H]6O[C@H](CO)[C@@H](O)[C@H](O)[C@H]6NC(=O)/C=C/c6cccc(Br)c6)CC[C@]5(C)[C@H]4CC[C@]3(C)[C@H]1[C@@H]2C. The number of allylic oxidation sites excluding steroid dienone is 1. The van der Waals surface area contributed by atoms with E-state index in [1.165, 1.54) is 30.9 Å². The fourth-order valence-electron chi connectivity index (χ4n) is 12.3. The zero-order chi connectivity index (χ0) is 36.6. The summed E-state index contributed by atoms with van der Waals surface area (Å²) in [5.41, 5.74) is 2.65. The second kappa shape index (κ2) is 14.1.